The second-order valence-corrected chi connectivity index (χ2v) is 5.55. The average molecular weight is 288 g/mol. The Balaban J connectivity index is 1.97. The van der Waals surface area contributed by atoms with Gasteiger partial charge in [-0.05, 0) is 17.6 Å². The molecule has 2 rings (SSSR count). The summed E-state index contributed by atoms with van der Waals surface area (Å²) in [5, 5.41) is 0. The predicted molar refractivity (Wildman–Crippen MR) is 83.7 cm³/mol. The van der Waals surface area contributed by atoms with Crippen molar-refractivity contribution in [2.75, 3.05) is 26.8 Å². The molecule has 1 aromatic carbocycles. The molecule has 21 heavy (non-hydrogen) atoms. The molecular weight excluding hydrogens is 264 g/mol. The lowest BCUT2D eigenvalue weighted by molar-refractivity contribution is -0.135. The van der Waals surface area contributed by atoms with E-state index in [-0.39, 0.29) is 17.9 Å². The number of nitrogens with zero attached hydrogens (tertiary/aromatic N) is 1. The summed E-state index contributed by atoms with van der Waals surface area (Å²) in [5.74, 6) is -0.0937. The van der Waals surface area contributed by atoms with Gasteiger partial charge in [-0.2, -0.15) is 0 Å². The Kier molecular flexibility index (Phi) is 5.53. The van der Waals surface area contributed by atoms with Crippen molar-refractivity contribution in [2.45, 2.75) is 19.4 Å². The van der Waals surface area contributed by atoms with E-state index in [0.29, 0.717) is 13.2 Å². The molecule has 1 aromatic rings. The first-order chi connectivity index (χ1) is 10.1. The number of benzene rings is 1. The minimum atomic E-state index is -0.261. The van der Waals surface area contributed by atoms with Gasteiger partial charge >= 0.3 is 0 Å². The van der Waals surface area contributed by atoms with Crippen LogP contribution >= 0.6 is 0 Å². The van der Waals surface area contributed by atoms with Crippen molar-refractivity contribution in [1.82, 2.24) is 4.90 Å². The SMILES string of the molecule is COCC1=CCN(C(=O)C(C)C(N)c2ccccc2)CC1. The summed E-state index contributed by atoms with van der Waals surface area (Å²) < 4.78 is 5.13. The van der Waals surface area contributed by atoms with E-state index < -0.39 is 0 Å². The Labute approximate surface area is 126 Å². The van der Waals surface area contributed by atoms with Crippen LogP contribution in [-0.4, -0.2) is 37.6 Å². The van der Waals surface area contributed by atoms with E-state index in [1.165, 1.54) is 5.57 Å². The van der Waals surface area contributed by atoms with Gasteiger partial charge in [-0.1, -0.05) is 43.3 Å². The number of carbonyl (C=O) groups is 1. The third-order valence-electron chi connectivity index (χ3n) is 4.06. The van der Waals surface area contributed by atoms with E-state index >= 15 is 0 Å². The molecule has 114 valence electrons. The number of carbonyl (C=O) groups excluding carboxylic acids is 1. The zero-order valence-electron chi connectivity index (χ0n) is 12.8. The molecule has 2 unspecified atom stereocenters. The molecule has 0 aromatic heterocycles. The molecular formula is C17H24N2O2. The largest absolute Gasteiger partial charge is 0.380 e. The molecule has 1 heterocycles. The van der Waals surface area contributed by atoms with Crippen molar-refractivity contribution in [1.29, 1.82) is 0 Å². The van der Waals surface area contributed by atoms with E-state index in [4.69, 9.17) is 10.5 Å². The lowest BCUT2D eigenvalue weighted by Crippen LogP contribution is -2.41. The van der Waals surface area contributed by atoms with E-state index in [1.54, 1.807) is 7.11 Å². The molecule has 0 saturated carbocycles. The number of hydrogen-bond donors (Lipinski definition) is 1. The summed E-state index contributed by atoms with van der Waals surface area (Å²) in [6.45, 7) is 3.97. The summed E-state index contributed by atoms with van der Waals surface area (Å²) in [5.41, 5.74) is 8.51. The van der Waals surface area contributed by atoms with Crippen LogP contribution in [0.25, 0.3) is 0 Å². The number of methoxy groups -OCH3 is 1. The Morgan fingerprint density at radius 2 is 2.10 bits per heavy atom. The van der Waals surface area contributed by atoms with Gasteiger partial charge in [-0.3, -0.25) is 4.79 Å². The Bertz CT molecular complexity index is 499. The van der Waals surface area contributed by atoms with Crippen molar-refractivity contribution in [3.05, 3.63) is 47.5 Å². The third kappa shape index (κ3) is 3.93. The third-order valence-corrected chi connectivity index (χ3v) is 4.06. The highest BCUT2D eigenvalue weighted by molar-refractivity contribution is 5.79. The van der Waals surface area contributed by atoms with Crippen LogP contribution in [0.3, 0.4) is 0 Å². The molecule has 0 bridgehead atoms. The number of nitrogens with two attached hydrogens (primary N) is 1. The van der Waals surface area contributed by atoms with Crippen molar-refractivity contribution in [3.8, 4) is 0 Å². The lowest BCUT2D eigenvalue weighted by atomic mass is 9.93. The monoisotopic (exact) mass is 288 g/mol. The van der Waals surface area contributed by atoms with Crippen molar-refractivity contribution in [2.24, 2.45) is 11.7 Å². The highest BCUT2D eigenvalue weighted by Gasteiger charge is 2.27. The molecule has 1 aliphatic heterocycles. The molecule has 4 nitrogen and oxygen atoms in total. The molecule has 0 saturated heterocycles. The lowest BCUT2D eigenvalue weighted by Gasteiger charge is -2.31. The van der Waals surface area contributed by atoms with E-state index in [1.807, 2.05) is 42.2 Å². The minimum Gasteiger partial charge on any atom is -0.380 e. The standard InChI is InChI=1S/C17H24N2O2/c1-13(16(18)15-6-4-3-5-7-15)17(20)19-10-8-14(9-11-19)12-21-2/h3-8,13,16H,9-12,18H2,1-2H3. The molecule has 0 aliphatic carbocycles. The molecule has 2 atom stereocenters. The number of rotatable bonds is 5. The van der Waals surface area contributed by atoms with Crippen molar-refractivity contribution in [3.63, 3.8) is 0 Å². The van der Waals surface area contributed by atoms with Crippen molar-refractivity contribution < 1.29 is 9.53 Å². The topological polar surface area (TPSA) is 55.6 Å². The first-order valence-electron chi connectivity index (χ1n) is 7.39. The van der Waals surface area contributed by atoms with Crippen LogP contribution in [0.15, 0.2) is 42.0 Å². The van der Waals surface area contributed by atoms with Crippen molar-refractivity contribution >= 4 is 5.91 Å². The van der Waals surface area contributed by atoms with Crippen LogP contribution in [0.5, 0.6) is 0 Å². The fraction of sp³-hybridized carbons (Fsp3) is 0.471. The zero-order chi connectivity index (χ0) is 15.2. The molecule has 1 amide bonds. The van der Waals surface area contributed by atoms with Gasteiger partial charge in [0.1, 0.15) is 0 Å². The number of amides is 1. The van der Waals surface area contributed by atoms with Gasteiger partial charge in [0.25, 0.3) is 0 Å². The number of ether oxygens (including phenoxy) is 1. The summed E-state index contributed by atoms with van der Waals surface area (Å²) in [6.07, 6.45) is 2.97. The first-order valence-corrected chi connectivity index (χ1v) is 7.39. The highest BCUT2D eigenvalue weighted by atomic mass is 16.5. The van der Waals surface area contributed by atoms with Crippen LogP contribution in [-0.2, 0) is 9.53 Å². The van der Waals surface area contributed by atoms with Gasteiger partial charge in [0.15, 0.2) is 0 Å². The van der Waals surface area contributed by atoms with Crippen LogP contribution < -0.4 is 5.73 Å². The van der Waals surface area contributed by atoms with Crippen LogP contribution in [0.2, 0.25) is 0 Å². The van der Waals surface area contributed by atoms with Gasteiger partial charge < -0.3 is 15.4 Å². The zero-order valence-corrected chi connectivity index (χ0v) is 12.8. The Morgan fingerprint density at radius 1 is 1.38 bits per heavy atom. The fourth-order valence-electron chi connectivity index (χ4n) is 2.63. The van der Waals surface area contributed by atoms with E-state index in [2.05, 4.69) is 6.08 Å². The predicted octanol–water partition coefficient (Wildman–Crippen LogP) is 2.13. The van der Waals surface area contributed by atoms with Gasteiger partial charge in [0, 0.05) is 26.2 Å². The Hall–Kier alpha value is -1.65. The maximum absolute atomic E-state index is 12.6. The first kappa shape index (κ1) is 15.7. The second kappa shape index (κ2) is 7.38. The number of hydrogen-bond acceptors (Lipinski definition) is 3. The quantitative estimate of drug-likeness (QED) is 0.844. The molecule has 0 radical (unpaired) electrons. The van der Waals surface area contributed by atoms with E-state index in [9.17, 15) is 4.79 Å². The normalized spacial score (nSPS) is 18.0. The molecule has 4 heteroatoms. The maximum Gasteiger partial charge on any atom is 0.227 e. The minimum absolute atomic E-state index is 0.124. The van der Waals surface area contributed by atoms with E-state index in [0.717, 1.165) is 18.5 Å². The molecule has 1 aliphatic rings. The molecule has 2 N–H and O–H groups in total. The summed E-state index contributed by atoms with van der Waals surface area (Å²) in [7, 11) is 1.69. The van der Waals surface area contributed by atoms with Crippen LogP contribution in [0, 0.1) is 5.92 Å². The maximum atomic E-state index is 12.6. The van der Waals surface area contributed by atoms with Gasteiger partial charge in [0.2, 0.25) is 5.91 Å². The highest BCUT2D eigenvalue weighted by Crippen LogP contribution is 2.22. The van der Waals surface area contributed by atoms with Gasteiger partial charge in [-0.25, -0.2) is 0 Å². The fourth-order valence-corrected chi connectivity index (χ4v) is 2.63. The Morgan fingerprint density at radius 3 is 2.67 bits per heavy atom. The smallest absolute Gasteiger partial charge is 0.227 e. The summed E-state index contributed by atoms with van der Waals surface area (Å²) in [6, 6.07) is 9.54. The summed E-state index contributed by atoms with van der Waals surface area (Å²) >= 11 is 0. The second-order valence-electron chi connectivity index (χ2n) is 5.55. The van der Waals surface area contributed by atoms with Crippen LogP contribution in [0.4, 0.5) is 0 Å². The van der Waals surface area contributed by atoms with Gasteiger partial charge in [-0.15, -0.1) is 0 Å². The molecule has 0 fully saturated rings. The molecule has 0 spiro atoms. The van der Waals surface area contributed by atoms with Gasteiger partial charge in [0.05, 0.1) is 12.5 Å². The average Bonchev–Trinajstić information content (AvgIpc) is 2.54. The van der Waals surface area contributed by atoms with Crippen LogP contribution in [0.1, 0.15) is 24.9 Å². The summed E-state index contributed by atoms with van der Waals surface area (Å²) in [4.78, 5) is 14.4.